The van der Waals surface area contributed by atoms with Crippen molar-refractivity contribution < 1.29 is 19.1 Å². The van der Waals surface area contributed by atoms with E-state index >= 15 is 0 Å². The standard InChI is InChI=1S/C19H19BrN2O4/c1-3-26-14-7-10(6-13(20)17(14)25-2)9-21-22-18(23)15-11-4-5-12(8-11)16(15)19(22)24/h4-7,9,11-12,15-16H,3,8H2,1-2H3/t11-,12-,15-,16+/m0/s1. The zero-order chi connectivity index (χ0) is 18.4. The molecule has 1 aliphatic heterocycles. The Kier molecular flexibility index (Phi) is 4.34. The van der Waals surface area contributed by atoms with E-state index < -0.39 is 0 Å². The van der Waals surface area contributed by atoms with Gasteiger partial charge in [-0.25, -0.2) is 0 Å². The Hall–Kier alpha value is -2.15. The van der Waals surface area contributed by atoms with Gasteiger partial charge in [0.2, 0.25) is 0 Å². The van der Waals surface area contributed by atoms with Crippen LogP contribution in [0.5, 0.6) is 11.5 Å². The molecular formula is C19H19BrN2O4. The molecule has 0 spiro atoms. The zero-order valence-corrected chi connectivity index (χ0v) is 16.1. The van der Waals surface area contributed by atoms with Crippen molar-refractivity contribution >= 4 is 34.0 Å². The maximum absolute atomic E-state index is 12.6. The number of benzene rings is 1. The second-order valence-electron chi connectivity index (χ2n) is 6.70. The fraction of sp³-hybridized carbons (Fsp3) is 0.421. The number of allylic oxidation sites excluding steroid dienone is 2. The number of imide groups is 1. The molecule has 0 aromatic heterocycles. The van der Waals surface area contributed by atoms with E-state index in [-0.39, 0.29) is 35.5 Å². The van der Waals surface area contributed by atoms with Crippen molar-refractivity contribution in [3.8, 4) is 11.5 Å². The third kappa shape index (κ3) is 2.57. The molecule has 2 fully saturated rings. The molecule has 0 radical (unpaired) electrons. The number of amides is 2. The van der Waals surface area contributed by atoms with Crippen LogP contribution < -0.4 is 9.47 Å². The van der Waals surface area contributed by atoms with Gasteiger partial charge in [0.05, 0.1) is 36.2 Å². The Labute approximate surface area is 160 Å². The summed E-state index contributed by atoms with van der Waals surface area (Å²) in [5.41, 5.74) is 0.708. The third-order valence-corrected chi connectivity index (χ3v) is 5.89. The van der Waals surface area contributed by atoms with Gasteiger partial charge < -0.3 is 9.47 Å². The lowest BCUT2D eigenvalue weighted by atomic mass is 9.85. The Morgan fingerprint density at radius 1 is 1.23 bits per heavy atom. The van der Waals surface area contributed by atoms with Gasteiger partial charge in [0, 0.05) is 0 Å². The summed E-state index contributed by atoms with van der Waals surface area (Å²) >= 11 is 3.45. The van der Waals surface area contributed by atoms with Gasteiger partial charge in [-0.15, -0.1) is 0 Å². The smallest absolute Gasteiger partial charge is 0.254 e. The minimum absolute atomic E-state index is 0.182. The van der Waals surface area contributed by atoms with E-state index in [1.165, 1.54) is 6.21 Å². The summed E-state index contributed by atoms with van der Waals surface area (Å²) in [7, 11) is 1.57. The van der Waals surface area contributed by atoms with Crippen molar-refractivity contribution in [1.82, 2.24) is 5.01 Å². The number of hydrazone groups is 1. The van der Waals surface area contributed by atoms with E-state index in [1.807, 2.05) is 13.0 Å². The lowest BCUT2D eigenvalue weighted by molar-refractivity contribution is -0.140. The largest absolute Gasteiger partial charge is 0.492 e. The third-order valence-electron chi connectivity index (χ3n) is 5.31. The van der Waals surface area contributed by atoms with Crippen LogP contribution in [-0.4, -0.2) is 36.8 Å². The quantitative estimate of drug-likeness (QED) is 0.418. The van der Waals surface area contributed by atoms with Crippen molar-refractivity contribution in [2.45, 2.75) is 13.3 Å². The summed E-state index contributed by atoms with van der Waals surface area (Å²) in [4.78, 5) is 25.3. The normalized spacial score (nSPS) is 29.1. The number of rotatable bonds is 5. The van der Waals surface area contributed by atoms with E-state index in [2.05, 4.69) is 33.2 Å². The second-order valence-corrected chi connectivity index (χ2v) is 7.55. The van der Waals surface area contributed by atoms with Crippen LogP contribution in [0.1, 0.15) is 18.9 Å². The first kappa shape index (κ1) is 17.3. The van der Waals surface area contributed by atoms with E-state index in [0.29, 0.717) is 28.1 Å². The molecule has 26 heavy (non-hydrogen) atoms. The monoisotopic (exact) mass is 418 g/mol. The van der Waals surface area contributed by atoms with Crippen LogP contribution in [0.3, 0.4) is 0 Å². The Morgan fingerprint density at radius 3 is 2.46 bits per heavy atom. The predicted octanol–water partition coefficient (Wildman–Crippen LogP) is 3.00. The number of halogens is 1. The van der Waals surface area contributed by atoms with Gasteiger partial charge in [0.1, 0.15) is 0 Å². The van der Waals surface area contributed by atoms with Crippen LogP contribution in [0.4, 0.5) is 0 Å². The minimum Gasteiger partial charge on any atom is -0.492 e. The molecule has 4 rings (SSSR count). The highest BCUT2D eigenvalue weighted by molar-refractivity contribution is 9.10. The molecule has 1 saturated carbocycles. The lowest BCUT2D eigenvalue weighted by Gasteiger charge is -2.13. The highest BCUT2D eigenvalue weighted by Crippen LogP contribution is 2.52. The average molecular weight is 419 g/mol. The van der Waals surface area contributed by atoms with Gasteiger partial charge in [-0.05, 0) is 58.8 Å². The number of hydrogen-bond donors (Lipinski definition) is 0. The highest BCUT2D eigenvalue weighted by Gasteiger charge is 2.59. The van der Waals surface area contributed by atoms with E-state index in [9.17, 15) is 9.59 Å². The van der Waals surface area contributed by atoms with Crippen LogP contribution in [0.15, 0.2) is 33.9 Å². The number of carbonyl (C=O) groups excluding carboxylic acids is 2. The first-order valence-electron chi connectivity index (χ1n) is 8.65. The molecule has 2 amide bonds. The molecule has 0 N–H and O–H groups in total. The number of ether oxygens (including phenoxy) is 2. The van der Waals surface area contributed by atoms with E-state index in [4.69, 9.17) is 9.47 Å². The zero-order valence-electron chi connectivity index (χ0n) is 14.5. The lowest BCUT2D eigenvalue weighted by Crippen LogP contribution is -2.28. The molecule has 7 heteroatoms. The van der Waals surface area contributed by atoms with Gasteiger partial charge >= 0.3 is 0 Å². The number of methoxy groups -OCH3 is 1. The van der Waals surface area contributed by atoms with Gasteiger partial charge in [-0.3, -0.25) is 9.59 Å². The molecule has 3 aliphatic rings. The molecule has 6 nitrogen and oxygen atoms in total. The first-order valence-corrected chi connectivity index (χ1v) is 9.45. The second kappa shape index (κ2) is 6.54. The molecule has 4 atom stereocenters. The molecule has 1 aromatic carbocycles. The molecule has 1 aromatic rings. The summed E-state index contributed by atoms with van der Waals surface area (Å²) < 4.78 is 11.6. The molecule has 2 bridgehead atoms. The molecular weight excluding hydrogens is 400 g/mol. The van der Waals surface area contributed by atoms with Crippen molar-refractivity contribution in [3.63, 3.8) is 0 Å². The van der Waals surface area contributed by atoms with Crippen LogP contribution in [-0.2, 0) is 9.59 Å². The first-order chi connectivity index (χ1) is 12.5. The Bertz CT molecular complexity index is 805. The van der Waals surface area contributed by atoms with Crippen molar-refractivity contribution in [2.75, 3.05) is 13.7 Å². The molecule has 1 saturated heterocycles. The number of fused-ring (bicyclic) bond motifs is 5. The Morgan fingerprint density at radius 2 is 1.88 bits per heavy atom. The number of carbonyl (C=O) groups is 2. The summed E-state index contributed by atoms with van der Waals surface area (Å²) in [6.45, 7) is 2.38. The molecule has 0 unspecified atom stereocenters. The van der Waals surface area contributed by atoms with Crippen LogP contribution in [0.25, 0.3) is 0 Å². The van der Waals surface area contributed by atoms with Crippen molar-refractivity contribution in [1.29, 1.82) is 0 Å². The van der Waals surface area contributed by atoms with Gasteiger partial charge in [-0.2, -0.15) is 10.1 Å². The van der Waals surface area contributed by atoms with Crippen molar-refractivity contribution in [2.24, 2.45) is 28.8 Å². The average Bonchev–Trinajstić information content (AvgIpc) is 3.28. The SMILES string of the molecule is CCOc1cc(C=NN2C(=O)[C@@H]3[C@H](C2=O)[C@H]2C=C[C@H]3C2)cc(Br)c1OC. The van der Waals surface area contributed by atoms with Gasteiger partial charge in [0.15, 0.2) is 11.5 Å². The summed E-state index contributed by atoms with van der Waals surface area (Å²) in [6, 6.07) is 3.58. The fourth-order valence-electron chi connectivity index (χ4n) is 4.25. The molecule has 136 valence electrons. The van der Waals surface area contributed by atoms with E-state index in [1.54, 1.807) is 13.2 Å². The number of hydrogen-bond acceptors (Lipinski definition) is 5. The maximum atomic E-state index is 12.6. The fourth-order valence-corrected chi connectivity index (χ4v) is 4.87. The minimum atomic E-state index is -0.240. The van der Waals surface area contributed by atoms with Crippen molar-refractivity contribution in [3.05, 3.63) is 34.3 Å². The topological polar surface area (TPSA) is 68.2 Å². The Balaban J connectivity index is 1.59. The van der Waals surface area contributed by atoms with Gasteiger partial charge in [-0.1, -0.05) is 12.2 Å². The summed E-state index contributed by atoms with van der Waals surface area (Å²) in [5, 5.41) is 5.24. The van der Waals surface area contributed by atoms with Crippen LogP contribution in [0, 0.1) is 23.7 Å². The van der Waals surface area contributed by atoms with E-state index in [0.717, 1.165) is 11.4 Å². The number of nitrogens with zero attached hydrogens (tertiary/aromatic N) is 2. The van der Waals surface area contributed by atoms with Crippen LogP contribution in [0.2, 0.25) is 0 Å². The maximum Gasteiger partial charge on any atom is 0.254 e. The highest BCUT2D eigenvalue weighted by atomic mass is 79.9. The van der Waals surface area contributed by atoms with Crippen LogP contribution >= 0.6 is 15.9 Å². The summed E-state index contributed by atoms with van der Waals surface area (Å²) in [5.74, 6) is 0.671. The summed E-state index contributed by atoms with van der Waals surface area (Å²) in [6.07, 6.45) is 6.56. The molecule has 1 heterocycles. The molecule has 2 aliphatic carbocycles. The predicted molar refractivity (Wildman–Crippen MR) is 99.0 cm³/mol. The van der Waals surface area contributed by atoms with Gasteiger partial charge in [0.25, 0.3) is 11.8 Å².